The molecule has 2 aromatic rings. The molecule has 20 heavy (non-hydrogen) atoms. The fourth-order valence-corrected chi connectivity index (χ4v) is 2.35. The van der Waals surface area contributed by atoms with Gasteiger partial charge in [-0.25, -0.2) is 4.39 Å². The lowest BCUT2D eigenvalue weighted by atomic mass is 10.1. The van der Waals surface area contributed by atoms with Crippen LogP contribution in [-0.2, 0) is 6.61 Å². The summed E-state index contributed by atoms with van der Waals surface area (Å²) in [5, 5.41) is 0. The number of nitrogens with two attached hydrogens (primary N) is 1. The smallest absolute Gasteiger partial charge is 0.134 e. The molecule has 2 nitrogen and oxygen atoms in total. The Labute approximate surface area is 130 Å². The second-order valence-electron chi connectivity index (χ2n) is 4.37. The summed E-state index contributed by atoms with van der Waals surface area (Å²) < 4.78 is 19.3. The number of hydrogen-bond acceptors (Lipinski definition) is 2. The molecule has 2 N–H and O–H groups in total. The molecule has 0 aliphatic rings. The number of hydrogen-bond donors (Lipinski definition) is 1. The topological polar surface area (TPSA) is 35.2 Å². The van der Waals surface area contributed by atoms with Crippen molar-refractivity contribution in [3.8, 4) is 5.75 Å². The maximum atomic E-state index is 13.0. The van der Waals surface area contributed by atoms with Crippen molar-refractivity contribution in [3.63, 3.8) is 0 Å². The van der Waals surface area contributed by atoms with Crippen LogP contribution in [-0.4, -0.2) is 4.99 Å². The Balaban J connectivity index is 2.13. The molecule has 0 saturated carbocycles. The molecule has 0 aromatic heterocycles. The Morgan fingerprint density at radius 3 is 2.65 bits per heavy atom. The van der Waals surface area contributed by atoms with Gasteiger partial charge in [-0.1, -0.05) is 24.4 Å². The first-order valence-electron chi connectivity index (χ1n) is 5.94. The first-order chi connectivity index (χ1) is 9.47. The number of aryl methyl sites for hydroxylation is 1. The lowest BCUT2D eigenvalue weighted by Crippen LogP contribution is -2.10. The quantitative estimate of drug-likeness (QED) is 0.840. The molecule has 0 fully saturated rings. The van der Waals surface area contributed by atoms with E-state index in [9.17, 15) is 4.39 Å². The van der Waals surface area contributed by atoms with Crippen LogP contribution in [0.3, 0.4) is 0 Å². The van der Waals surface area contributed by atoms with Crippen molar-refractivity contribution < 1.29 is 9.13 Å². The van der Waals surface area contributed by atoms with Crippen molar-refractivity contribution >= 4 is 33.1 Å². The van der Waals surface area contributed by atoms with Gasteiger partial charge in [0.15, 0.2) is 0 Å². The highest BCUT2D eigenvalue weighted by atomic mass is 79.9. The van der Waals surface area contributed by atoms with Gasteiger partial charge in [0.25, 0.3) is 0 Å². The van der Waals surface area contributed by atoms with E-state index in [-0.39, 0.29) is 5.82 Å². The third-order valence-electron chi connectivity index (χ3n) is 2.90. The Morgan fingerprint density at radius 2 is 2.05 bits per heavy atom. The average Bonchev–Trinajstić information content (AvgIpc) is 2.38. The van der Waals surface area contributed by atoms with Crippen molar-refractivity contribution in [1.82, 2.24) is 0 Å². The molecule has 0 aliphatic heterocycles. The Hall–Kier alpha value is -1.46. The second-order valence-corrected chi connectivity index (χ2v) is 5.66. The van der Waals surface area contributed by atoms with Gasteiger partial charge < -0.3 is 10.5 Å². The maximum absolute atomic E-state index is 13.0. The van der Waals surface area contributed by atoms with Gasteiger partial charge in [-0.15, -0.1) is 0 Å². The summed E-state index contributed by atoms with van der Waals surface area (Å²) in [5.74, 6) is 0.297. The van der Waals surface area contributed by atoms with E-state index in [0.29, 0.717) is 21.8 Å². The molecule has 0 saturated heterocycles. The predicted molar refractivity (Wildman–Crippen MR) is 85.5 cm³/mol. The zero-order valence-corrected chi connectivity index (χ0v) is 13.2. The van der Waals surface area contributed by atoms with Gasteiger partial charge in [-0.3, -0.25) is 0 Å². The molecule has 0 spiro atoms. The molecular weight excluding hydrogens is 341 g/mol. The van der Waals surface area contributed by atoms with E-state index in [0.717, 1.165) is 16.7 Å². The second kappa shape index (κ2) is 6.33. The lowest BCUT2D eigenvalue weighted by molar-refractivity contribution is 0.303. The highest BCUT2D eigenvalue weighted by molar-refractivity contribution is 9.10. The van der Waals surface area contributed by atoms with E-state index < -0.39 is 0 Å². The molecule has 0 aliphatic carbocycles. The fraction of sp³-hybridized carbons (Fsp3) is 0.133. The van der Waals surface area contributed by atoms with Gasteiger partial charge in [-0.2, -0.15) is 0 Å². The lowest BCUT2D eigenvalue weighted by Gasteiger charge is -2.11. The summed E-state index contributed by atoms with van der Waals surface area (Å²) >= 11 is 8.21. The van der Waals surface area contributed by atoms with E-state index in [4.69, 9.17) is 22.7 Å². The van der Waals surface area contributed by atoms with Crippen molar-refractivity contribution in [3.05, 3.63) is 63.4 Å². The van der Waals surface area contributed by atoms with Crippen molar-refractivity contribution in [2.45, 2.75) is 13.5 Å². The first-order valence-corrected chi connectivity index (χ1v) is 7.14. The molecule has 0 atom stereocenters. The monoisotopic (exact) mass is 353 g/mol. The van der Waals surface area contributed by atoms with Gasteiger partial charge >= 0.3 is 0 Å². The minimum atomic E-state index is -0.304. The minimum Gasteiger partial charge on any atom is -0.488 e. The van der Waals surface area contributed by atoms with Gasteiger partial charge in [0.2, 0.25) is 0 Å². The number of halogens is 2. The Kier molecular flexibility index (Phi) is 4.73. The molecular formula is C15H13BrFNOS. The van der Waals surface area contributed by atoms with Gasteiger partial charge in [0, 0.05) is 5.56 Å². The summed E-state index contributed by atoms with van der Waals surface area (Å²) in [6.07, 6.45) is 0. The third-order valence-corrected chi connectivity index (χ3v) is 3.76. The van der Waals surface area contributed by atoms with E-state index >= 15 is 0 Å². The van der Waals surface area contributed by atoms with Crippen LogP contribution in [0.25, 0.3) is 0 Å². The van der Waals surface area contributed by atoms with Crippen LogP contribution in [0, 0.1) is 12.7 Å². The van der Waals surface area contributed by atoms with Crippen LogP contribution < -0.4 is 10.5 Å². The van der Waals surface area contributed by atoms with Crippen LogP contribution in [0.15, 0.2) is 40.9 Å². The SMILES string of the molecule is Cc1cc(C(N)=S)ccc1COc1ccc(F)cc1Br. The zero-order valence-electron chi connectivity index (χ0n) is 10.8. The Morgan fingerprint density at radius 1 is 1.30 bits per heavy atom. The van der Waals surface area contributed by atoms with Crippen molar-refractivity contribution in [2.75, 3.05) is 0 Å². The predicted octanol–water partition coefficient (Wildman–Crippen LogP) is 4.11. The number of rotatable bonds is 4. The molecule has 2 aromatic carbocycles. The molecule has 104 valence electrons. The largest absolute Gasteiger partial charge is 0.488 e. The molecule has 2 rings (SSSR count). The maximum Gasteiger partial charge on any atom is 0.134 e. The minimum absolute atomic E-state index is 0.304. The summed E-state index contributed by atoms with van der Waals surface area (Å²) in [7, 11) is 0. The number of benzene rings is 2. The standard InChI is InChI=1S/C15H13BrFNOS/c1-9-6-10(15(18)20)2-3-11(9)8-19-14-5-4-12(17)7-13(14)16/h2-7H,8H2,1H3,(H2,18,20). The molecule has 5 heteroatoms. The fourth-order valence-electron chi connectivity index (χ4n) is 1.76. The molecule has 0 unspecified atom stereocenters. The zero-order chi connectivity index (χ0) is 14.7. The van der Waals surface area contributed by atoms with Crippen LogP contribution in [0.5, 0.6) is 5.75 Å². The van der Waals surface area contributed by atoms with E-state index in [1.54, 1.807) is 6.07 Å². The van der Waals surface area contributed by atoms with Crippen LogP contribution in [0.4, 0.5) is 4.39 Å². The average molecular weight is 354 g/mol. The highest BCUT2D eigenvalue weighted by Crippen LogP contribution is 2.26. The van der Waals surface area contributed by atoms with Crippen LogP contribution in [0.1, 0.15) is 16.7 Å². The number of thiocarbonyl (C=S) groups is 1. The normalized spacial score (nSPS) is 10.3. The molecule has 0 radical (unpaired) electrons. The van der Waals surface area contributed by atoms with Crippen LogP contribution in [0.2, 0.25) is 0 Å². The van der Waals surface area contributed by atoms with E-state index in [1.165, 1.54) is 12.1 Å². The molecule has 0 amide bonds. The van der Waals surface area contributed by atoms with E-state index in [1.807, 2.05) is 25.1 Å². The van der Waals surface area contributed by atoms with Gasteiger partial charge in [-0.05, 0) is 58.2 Å². The van der Waals surface area contributed by atoms with Crippen LogP contribution >= 0.6 is 28.1 Å². The molecule has 0 bridgehead atoms. The van der Waals surface area contributed by atoms with Gasteiger partial charge in [0.05, 0.1) is 4.47 Å². The van der Waals surface area contributed by atoms with Crippen molar-refractivity contribution in [1.29, 1.82) is 0 Å². The summed E-state index contributed by atoms with van der Waals surface area (Å²) in [5.41, 5.74) is 8.51. The summed E-state index contributed by atoms with van der Waals surface area (Å²) in [6.45, 7) is 2.37. The third kappa shape index (κ3) is 3.55. The summed E-state index contributed by atoms with van der Waals surface area (Å²) in [4.78, 5) is 0.377. The molecule has 0 heterocycles. The first kappa shape index (κ1) is 14.9. The van der Waals surface area contributed by atoms with Crippen molar-refractivity contribution in [2.24, 2.45) is 5.73 Å². The summed E-state index contributed by atoms with van der Waals surface area (Å²) in [6, 6.07) is 10.1. The number of ether oxygens (including phenoxy) is 1. The highest BCUT2D eigenvalue weighted by Gasteiger charge is 2.06. The van der Waals surface area contributed by atoms with Gasteiger partial charge in [0.1, 0.15) is 23.2 Å². The van der Waals surface area contributed by atoms with E-state index in [2.05, 4.69) is 15.9 Å². The Bertz CT molecular complexity index is 660.